The summed E-state index contributed by atoms with van der Waals surface area (Å²) in [4.78, 5) is 27.4. The third-order valence-corrected chi connectivity index (χ3v) is 6.25. The molecule has 164 valence electrons. The van der Waals surface area contributed by atoms with Crippen LogP contribution in [-0.2, 0) is 11.2 Å². The second-order valence-corrected chi connectivity index (χ2v) is 8.40. The maximum Gasteiger partial charge on any atom is 0.251 e. The van der Waals surface area contributed by atoms with Crippen LogP contribution >= 0.6 is 0 Å². The number of hydrogen-bond donors (Lipinski definition) is 2. The molecule has 1 aromatic heterocycles. The average Bonchev–Trinajstić information content (AvgIpc) is 3.44. The van der Waals surface area contributed by atoms with Crippen molar-refractivity contribution in [2.75, 3.05) is 13.1 Å². The highest BCUT2D eigenvalue weighted by molar-refractivity contribution is 5.96. The smallest absolute Gasteiger partial charge is 0.251 e. The van der Waals surface area contributed by atoms with Gasteiger partial charge in [0.2, 0.25) is 17.7 Å². The van der Waals surface area contributed by atoms with Gasteiger partial charge in [-0.15, -0.1) is 10.2 Å². The van der Waals surface area contributed by atoms with Gasteiger partial charge in [-0.05, 0) is 37.1 Å². The lowest BCUT2D eigenvalue weighted by Gasteiger charge is -2.36. The first kappa shape index (κ1) is 20.4. The fourth-order valence-electron chi connectivity index (χ4n) is 4.60. The summed E-state index contributed by atoms with van der Waals surface area (Å²) in [6, 6.07) is 16.8. The SMILES string of the molecule is Cc1ccccc1C(=O)N[C@H]1C[C@H]2C(=O)NC[C@@H](Cc3nnc(-c4ccccc4)o3)N2C1. The number of nitrogens with one attached hydrogen (secondary N) is 2. The minimum atomic E-state index is -0.271. The number of fused-ring (bicyclic) bond motifs is 1. The van der Waals surface area contributed by atoms with Crippen molar-refractivity contribution in [1.82, 2.24) is 25.7 Å². The van der Waals surface area contributed by atoms with Crippen LogP contribution in [0.1, 0.15) is 28.2 Å². The number of amides is 2. The topological polar surface area (TPSA) is 100 Å². The molecule has 5 rings (SSSR count). The van der Waals surface area contributed by atoms with Crippen LogP contribution < -0.4 is 10.6 Å². The van der Waals surface area contributed by atoms with Gasteiger partial charge >= 0.3 is 0 Å². The highest BCUT2D eigenvalue weighted by atomic mass is 16.4. The first-order valence-corrected chi connectivity index (χ1v) is 10.9. The predicted molar refractivity (Wildman–Crippen MR) is 118 cm³/mol. The average molecular weight is 431 g/mol. The number of aromatic nitrogens is 2. The van der Waals surface area contributed by atoms with E-state index in [2.05, 4.69) is 25.7 Å². The van der Waals surface area contributed by atoms with Crippen LogP contribution in [0.4, 0.5) is 0 Å². The zero-order valence-corrected chi connectivity index (χ0v) is 17.8. The molecule has 3 aromatic rings. The van der Waals surface area contributed by atoms with Crippen LogP contribution in [0.3, 0.4) is 0 Å². The van der Waals surface area contributed by atoms with E-state index >= 15 is 0 Å². The van der Waals surface area contributed by atoms with Crippen molar-refractivity contribution in [2.45, 2.75) is 37.9 Å². The van der Waals surface area contributed by atoms with Crippen molar-refractivity contribution in [3.8, 4) is 11.5 Å². The Morgan fingerprint density at radius 3 is 2.75 bits per heavy atom. The first-order valence-electron chi connectivity index (χ1n) is 10.9. The summed E-state index contributed by atoms with van der Waals surface area (Å²) >= 11 is 0. The molecule has 0 saturated carbocycles. The Bertz CT molecular complexity index is 1130. The Labute approximate surface area is 186 Å². The van der Waals surface area contributed by atoms with E-state index in [1.54, 1.807) is 0 Å². The van der Waals surface area contributed by atoms with E-state index in [0.717, 1.165) is 11.1 Å². The maximum absolute atomic E-state index is 12.8. The van der Waals surface area contributed by atoms with Crippen LogP contribution in [0, 0.1) is 6.92 Å². The molecule has 3 atom stereocenters. The first-order chi connectivity index (χ1) is 15.6. The lowest BCUT2D eigenvalue weighted by Crippen LogP contribution is -2.58. The summed E-state index contributed by atoms with van der Waals surface area (Å²) in [5.74, 6) is 0.927. The van der Waals surface area contributed by atoms with Crippen LogP contribution in [0.15, 0.2) is 59.0 Å². The second-order valence-electron chi connectivity index (χ2n) is 8.40. The van der Waals surface area contributed by atoms with Crippen LogP contribution in [0.25, 0.3) is 11.5 Å². The number of carbonyl (C=O) groups is 2. The van der Waals surface area contributed by atoms with Crippen LogP contribution in [0.2, 0.25) is 0 Å². The van der Waals surface area contributed by atoms with Gasteiger partial charge in [-0.2, -0.15) is 0 Å². The third-order valence-electron chi connectivity index (χ3n) is 6.25. The number of piperazine rings is 1. The molecule has 2 N–H and O–H groups in total. The number of hydrogen-bond acceptors (Lipinski definition) is 6. The fourth-order valence-corrected chi connectivity index (χ4v) is 4.60. The summed E-state index contributed by atoms with van der Waals surface area (Å²) in [7, 11) is 0. The summed E-state index contributed by atoms with van der Waals surface area (Å²) in [5, 5.41) is 14.5. The maximum atomic E-state index is 12.8. The normalized spacial score (nSPS) is 22.9. The summed E-state index contributed by atoms with van der Waals surface area (Å²) < 4.78 is 5.88. The zero-order chi connectivity index (χ0) is 22.1. The Balaban J connectivity index is 1.27. The van der Waals surface area contributed by atoms with Gasteiger partial charge in [-0.1, -0.05) is 36.4 Å². The van der Waals surface area contributed by atoms with Crippen LogP contribution in [-0.4, -0.2) is 58.1 Å². The Hall–Kier alpha value is -3.52. The summed E-state index contributed by atoms with van der Waals surface area (Å²) in [6.07, 6.45) is 1.12. The van der Waals surface area contributed by atoms with E-state index in [4.69, 9.17) is 4.42 Å². The Morgan fingerprint density at radius 1 is 1.16 bits per heavy atom. The van der Waals surface area contributed by atoms with E-state index in [9.17, 15) is 9.59 Å². The summed E-state index contributed by atoms with van der Waals surface area (Å²) in [6.45, 7) is 3.04. The molecule has 2 aliphatic heterocycles. The largest absolute Gasteiger partial charge is 0.421 e. The molecule has 32 heavy (non-hydrogen) atoms. The fraction of sp³-hybridized carbons (Fsp3) is 0.333. The molecular formula is C24H25N5O3. The van der Waals surface area contributed by atoms with E-state index < -0.39 is 0 Å². The molecule has 3 heterocycles. The molecule has 2 saturated heterocycles. The van der Waals surface area contributed by atoms with Gasteiger partial charge < -0.3 is 15.1 Å². The molecule has 2 aliphatic rings. The standard InChI is InChI=1S/C24H25N5O3/c1-15-7-5-6-10-19(15)22(30)26-17-11-20-23(31)25-13-18(29(20)14-17)12-21-27-28-24(32-21)16-8-3-2-4-9-16/h2-10,17-18,20H,11-14H2,1H3,(H,25,31)(H,26,30)/t17-,18+,20-/m0/s1. The molecule has 2 fully saturated rings. The Morgan fingerprint density at radius 2 is 1.94 bits per heavy atom. The van der Waals surface area contributed by atoms with E-state index in [0.29, 0.717) is 43.3 Å². The summed E-state index contributed by atoms with van der Waals surface area (Å²) in [5.41, 5.74) is 2.47. The van der Waals surface area contributed by atoms with Crippen molar-refractivity contribution in [3.05, 3.63) is 71.6 Å². The number of rotatable bonds is 5. The van der Waals surface area contributed by atoms with Crippen molar-refractivity contribution in [1.29, 1.82) is 0 Å². The molecule has 0 unspecified atom stereocenters. The molecule has 0 spiro atoms. The van der Waals surface area contributed by atoms with Gasteiger partial charge in [0.05, 0.1) is 6.04 Å². The van der Waals surface area contributed by atoms with Crippen molar-refractivity contribution in [3.63, 3.8) is 0 Å². The lowest BCUT2D eigenvalue weighted by atomic mass is 10.0. The monoisotopic (exact) mass is 431 g/mol. The molecule has 0 bridgehead atoms. The van der Waals surface area contributed by atoms with Gasteiger partial charge in [0, 0.05) is 42.7 Å². The van der Waals surface area contributed by atoms with Gasteiger partial charge in [0.25, 0.3) is 5.91 Å². The number of nitrogens with zero attached hydrogens (tertiary/aromatic N) is 3. The molecular weight excluding hydrogens is 406 g/mol. The molecule has 0 aliphatic carbocycles. The van der Waals surface area contributed by atoms with E-state index in [1.807, 2.05) is 61.5 Å². The second kappa shape index (κ2) is 8.55. The zero-order valence-electron chi connectivity index (χ0n) is 17.8. The lowest BCUT2D eigenvalue weighted by molar-refractivity contribution is -0.129. The van der Waals surface area contributed by atoms with Gasteiger partial charge in [-0.3, -0.25) is 14.5 Å². The highest BCUT2D eigenvalue weighted by Crippen LogP contribution is 2.26. The Kier molecular flexibility index (Phi) is 5.45. The molecule has 2 amide bonds. The minimum absolute atomic E-state index is 0.00407. The van der Waals surface area contributed by atoms with Crippen molar-refractivity contribution < 1.29 is 14.0 Å². The number of carbonyl (C=O) groups excluding carboxylic acids is 2. The highest BCUT2D eigenvalue weighted by Gasteiger charge is 2.44. The van der Waals surface area contributed by atoms with Gasteiger partial charge in [-0.25, -0.2) is 0 Å². The minimum Gasteiger partial charge on any atom is -0.421 e. The quantitative estimate of drug-likeness (QED) is 0.641. The van der Waals surface area contributed by atoms with E-state index in [-0.39, 0.29) is 29.9 Å². The number of benzene rings is 2. The van der Waals surface area contributed by atoms with Gasteiger partial charge in [0.15, 0.2) is 0 Å². The molecule has 8 heteroatoms. The van der Waals surface area contributed by atoms with Gasteiger partial charge in [0.1, 0.15) is 0 Å². The van der Waals surface area contributed by atoms with Crippen molar-refractivity contribution in [2.24, 2.45) is 0 Å². The molecule has 8 nitrogen and oxygen atoms in total. The number of aryl methyl sites for hydroxylation is 1. The van der Waals surface area contributed by atoms with Crippen LogP contribution in [0.5, 0.6) is 0 Å². The molecule has 2 aromatic carbocycles. The van der Waals surface area contributed by atoms with E-state index in [1.165, 1.54) is 0 Å². The molecule has 0 radical (unpaired) electrons. The third kappa shape index (κ3) is 4.01. The predicted octanol–water partition coefficient (Wildman–Crippen LogP) is 1.96. The van der Waals surface area contributed by atoms with Crippen molar-refractivity contribution >= 4 is 11.8 Å².